The minimum atomic E-state index is -3.99. The molecule has 0 aliphatic heterocycles. The summed E-state index contributed by atoms with van der Waals surface area (Å²) in [6.45, 7) is 5.40. The van der Waals surface area contributed by atoms with Gasteiger partial charge in [0.05, 0.1) is 20.2 Å². The van der Waals surface area contributed by atoms with E-state index < -0.39 is 30.7 Å². The second kappa shape index (κ2) is 7.56. The van der Waals surface area contributed by atoms with E-state index in [0.29, 0.717) is 0 Å². The summed E-state index contributed by atoms with van der Waals surface area (Å²) in [4.78, 5) is 0. The van der Waals surface area contributed by atoms with Gasteiger partial charge in [0.25, 0.3) is 0 Å². The Balaban J connectivity index is -0.000000180. The number of hydrogen-bond acceptors (Lipinski definition) is 6. The summed E-state index contributed by atoms with van der Waals surface area (Å²) in [5, 5.41) is -1.57. The predicted octanol–water partition coefficient (Wildman–Crippen LogP) is -0.122. The average Bonchev–Trinajstić information content (AvgIpc) is 1.83. The average molecular weight is 305 g/mol. The van der Waals surface area contributed by atoms with Crippen molar-refractivity contribution in [1.29, 1.82) is 0 Å². The zero-order valence-corrected chi connectivity index (χ0v) is 11.4. The van der Waals surface area contributed by atoms with Crippen molar-refractivity contribution in [2.45, 2.75) is 38.2 Å². The molecule has 0 spiro atoms. The van der Waals surface area contributed by atoms with Crippen LogP contribution in [0.2, 0.25) is 0 Å². The van der Waals surface area contributed by atoms with E-state index in [4.69, 9.17) is 0 Å². The zero-order valence-electron chi connectivity index (χ0n) is 8.74. The van der Waals surface area contributed by atoms with Crippen LogP contribution in [0.25, 0.3) is 0 Å². The van der Waals surface area contributed by atoms with Gasteiger partial charge < -0.3 is 9.11 Å². The Hall–Kier alpha value is 0.314. The van der Waals surface area contributed by atoms with Gasteiger partial charge >= 0.3 is 16.5 Å². The number of rotatable bonds is 2. The Morgan fingerprint density at radius 1 is 0.733 bits per heavy atom. The molecule has 0 N–H and O–H groups in total. The van der Waals surface area contributed by atoms with Gasteiger partial charge in [-0.1, -0.05) is 0 Å². The number of hydrogen-bond donors (Lipinski definition) is 0. The second-order valence-electron chi connectivity index (χ2n) is 3.08. The van der Waals surface area contributed by atoms with Crippen molar-refractivity contribution in [3.63, 3.8) is 0 Å². The van der Waals surface area contributed by atoms with Gasteiger partial charge in [-0.3, -0.25) is 0 Å². The van der Waals surface area contributed by atoms with E-state index in [0.717, 1.165) is 0 Å². The third-order valence-corrected chi connectivity index (χ3v) is 3.46. The molecule has 0 aromatic rings. The first kappa shape index (κ1) is 20.7. The molecule has 9 heteroatoms. The van der Waals surface area contributed by atoms with Gasteiger partial charge in [0.2, 0.25) is 0 Å². The Labute approximate surface area is 101 Å². The fraction of sp³-hybridized carbons (Fsp3) is 1.00. The molecule has 0 radical (unpaired) electrons. The van der Waals surface area contributed by atoms with Crippen molar-refractivity contribution in [2.24, 2.45) is 0 Å². The van der Waals surface area contributed by atoms with Gasteiger partial charge in [-0.25, -0.2) is 16.8 Å². The van der Waals surface area contributed by atoms with E-state index in [2.05, 4.69) is 0 Å². The molecule has 0 heterocycles. The van der Waals surface area contributed by atoms with Crippen LogP contribution in [0.4, 0.5) is 0 Å². The van der Waals surface area contributed by atoms with Gasteiger partial charge in [-0.05, 0) is 27.7 Å². The molecule has 0 amide bonds. The van der Waals surface area contributed by atoms with E-state index in [9.17, 15) is 25.9 Å². The van der Waals surface area contributed by atoms with Crippen molar-refractivity contribution in [1.82, 2.24) is 0 Å². The van der Waals surface area contributed by atoms with Crippen molar-refractivity contribution in [3.8, 4) is 0 Å². The van der Waals surface area contributed by atoms with E-state index in [-0.39, 0.29) is 16.5 Å². The van der Waals surface area contributed by atoms with Gasteiger partial charge in [-0.15, -0.1) is 0 Å². The summed E-state index contributed by atoms with van der Waals surface area (Å²) in [5.41, 5.74) is 0. The zero-order chi connectivity index (χ0) is 12.2. The molecular weight excluding hydrogens is 291 g/mol. The second-order valence-corrected chi connectivity index (χ2v) is 6.94. The van der Waals surface area contributed by atoms with Gasteiger partial charge in [0.15, 0.2) is 0 Å². The van der Waals surface area contributed by atoms with Crippen LogP contribution in [0.5, 0.6) is 0 Å². The summed E-state index contributed by atoms with van der Waals surface area (Å²) in [6, 6.07) is 0. The van der Waals surface area contributed by atoms with Crippen LogP contribution < -0.4 is 0 Å². The summed E-state index contributed by atoms with van der Waals surface area (Å²) in [7, 11) is -7.98. The molecule has 0 saturated heterocycles. The summed E-state index contributed by atoms with van der Waals surface area (Å²) < 4.78 is 58.7. The molecule has 96 valence electrons. The Morgan fingerprint density at radius 2 is 0.800 bits per heavy atom. The predicted molar refractivity (Wildman–Crippen MR) is 49.7 cm³/mol. The molecule has 0 aromatic heterocycles. The normalized spacial score (nSPS) is 11.7. The molecule has 0 rings (SSSR count). The molecule has 0 aliphatic rings. The molecule has 0 saturated carbocycles. The first-order chi connectivity index (χ1) is 5.89. The molecular formula is C6H14NiO6S2. The quantitative estimate of drug-likeness (QED) is 0.519. The van der Waals surface area contributed by atoms with E-state index in [1.165, 1.54) is 27.7 Å². The Kier molecular flexibility index (Phi) is 10.4. The monoisotopic (exact) mass is 304 g/mol. The maximum atomic E-state index is 9.78. The van der Waals surface area contributed by atoms with Gasteiger partial charge in [0, 0.05) is 10.5 Å². The van der Waals surface area contributed by atoms with Crippen LogP contribution in [-0.4, -0.2) is 36.4 Å². The minimum absolute atomic E-state index is 0. The van der Waals surface area contributed by atoms with Crippen LogP contribution in [0, 0.1) is 0 Å². The van der Waals surface area contributed by atoms with Crippen molar-refractivity contribution < 1.29 is 42.4 Å². The fourth-order valence-corrected chi connectivity index (χ4v) is 0. The first-order valence-electron chi connectivity index (χ1n) is 3.78. The van der Waals surface area contributed by atoms with Crippen LogP contribution in [0.15, 0.2) is 0 Å². The standard InChI is InChI=1S/2C3H8O3S.Ni/c2*1-3(2)7(4,5)6;/h2*3H,1-2H3,(H,4,5,6);/q;;+2/p-2. The largest absolute Gasteiger partial charge is 2.00 e. The van der Waals surface area contributed by atoms with E-state index >= 15 is 0 Å². The third kappa shape index (κ3) is 14.3. The molecule has 0 unspecified atom stereocenters. The molecule has 0 aromatic carbocycles. The van der Waals surface area contributed by atoms with Crippen molar-refractivity contribution in [2.75, 3.05) is 0 Å². The Morgan fingerprint density at radius 3 is 0.800 bits per heavy atom. The SMILES string of the molecule is CC(C)S(=O)(=O)[O-].CC(C)S(=O)(=O)[O-].[Ni+2]. The summed E-state index contributed by atoms with van der Waals surface area (Å²) in [6.07, 6.45) is 0. The molecule has 0 bridgehead atoms. The maximum Gasteiger partial charge on any atom is 2.00 e. The molecule has 15 heavy (non-hydrogen) atoms. The summed E-state index contributed by atoms with van der Waals surface area (Å²) in [5.74, 6) is 0. The van der Waals surface area contributed by atoms with Crippen LogP contribution in [0.3, 0.4) is 0 Å². The smallest absolute Gasteiger partial charge is 0.748 e. The molecule has 6 nitrogen and oxygen atoms in total. The summed E-state index contributed by atoms with van der Waals surface area (Å²) >= 11 is 0. The molecule has 0 atom stereocenters. The van der Waals surface area contributed by atoms with Crippen molar-refractivity contribution in [3.05, 3.63) is 0 Å². The van der Waals surface area contributed by atoms with Crippen molar-refractivity contribution >= 4 is 20.2 Å². The molecule has 0 fully saturated rings. The van der Waals surface area contributed by atoms with Gasteiger partial charge in [-0.2, -0.15) is 0 Å². The van der Waals surface area contributed by atoms with Crippen LogP contribution in [0.1, 0.15) is 27.7 Å². The van der Waals surface area contributed by atoms with Crippen LogP contribution >= 0.6 is 0 Å². The van der Waals surface area contributed by atoms with Crippen LogP contribution in [-0.2, 0) is 36.7 Å². The van der Waals surface area contributed by atoms with E-state index in [1.54, 1.807) is 0 Å². The Bertz CT molecular complexity index is 306. The minimum Gasteiger partial charge on any atom is -0.748 e. The fourth-order valence-electron chi connectivity index (χ4n) is 0. The van der Waals surface area contributed by atoms with Gasteiger partial charge in [0.1, 0.15) is 0 Å². The molecule has 0 aliphatic carbocycles. The maximum absolute atomic E-state index is 9.78. The first-order valence-corrected chi connectivity index (χ1v) is 6.72. The third-order valence-electron chi connectivity index (χ3n) is 1.15. The van der Waals surface area contributed by atoms with E-state index in [1.807, 2.05) is 0 Å². The topological polar surface area (TPSA) is 114 Å².